The van der Waals surface area contributed by atoms with Gasteiger partial charge in [-0.1, -0.05) is 0 Å². The molecule has 3 nitrogen and oxygen atoms in total. The van der Waals surface area contributed by atoms with Crippen LogP contribution in [0.25, 0.3) is 0 Å². The minimum atomic E-state index is -2.55. The second-order valence-corrected chi connectivity index (χ2v) is 4.23. The molecule has 0 aliphatic heterocycles. The number of ether oxygens (including phenoxy) is 2. The summed E-state index contributed by atoms with van der Waals surface area (Å²) in [5.74, 6) is -2.55. The lowest BCUT2D eigenvalue weighted by molar-refractivity contribution is -0.202. The standard InChI is InChI=1S/C10H19F2NO2/c1-14-8(15-2)9(7-13)3-5-10(11,12)6-4-9/h8H,3-7,13H2,1-2H3. The van der Waals surface area contributed by atoms with Gasteiger partial charge in [0.2, 0.25) is 5.92 Å². The van der Waals surface area contributed by atoms with E-state index in [-0.39, 0.29) is 12.8 Å². The van der Waals surface area contributed by atoms with Gasteiger partial charge in [0.05, 0.1) is 0 Å². The monoisotopic (exact) mass is 223 g/mol. The Hall–Kier alpha value is -0.260. The Bertz CT molecular complexity index is 198. The lowest BCUT2D eigenvalue weighted by Gasteiger charge is -2.43. The first-order valence-corrected chi connectivity index (χ1v) is 5.13. The first-order chi connectivity index (χ1) is 6.99. The predicted molar refractivity (Wildman–Crippen MR) is 52.7 cm³/mol. The SMILES string of the molecule is COC(OC)C1(CN)CCC(F)(F)CC1. The largest absolute Gasteiger partial charge is 0.355 e. The number of alkyl halides is 2. The molecule has 1 saturated carbocycles. The van der Waals surface area contributed by atoms with Gasteiger partial charge in [0, 0.05) is 39.0 Å². The summed E-state index contributed by atoms with van der Waals surface area (Å²) in [6.07, 6.45) is -0.0504. The zero-order valence-corrected chi connectivity index (χ0v) is 9.26. The quantitative estimate of drug-likeness (QED) is 0.738. The first-order valence-electron chi connectivity index (χ1n) is 5.13. The smallest absolute Gasteiger partial charge is 0.248 e. The summed E-state index contributed by atoms with van der Waals surface area (Å²) in [4.78, 5) is 0. The number of rotatable bonds is 4. The number of hydrogen-bond donors (Lipinski definition) is 1. The van der Waals surface area contributed by atoms with Crippen LogP contribution in [0, 0.1) is 5.41 Å². The molecule has 5 heteroatoms. The van der Waals surface area contributed by atoms with E-state index in [9.17, 15) is 8.78 Å². The molecular formula is C10H19F2NO2. The lowest BCUT2D eigenvalue weighted by atomic mass is 9.72. The molecule has 0 heterocycles. The normalized spacial score (nSPS) is 24.4. The molecule has 15 heavy (non-hydrogen) atoms. The highest BCUT2D eigenvalue weighted by atomic mass is 19.3. The molecule has 1 rings (SSSR count). The Morgan fingerprint density at radius 3 is 1.93 bits per heavy atom. The third-order valence-electron chi connectivity index (χ3n) is 3.31. The van der Waals surface area contributed by atoms with Gasteiger partial charge in [-0.2, -0.15) is 0 Å². The first kappa shape index (κ1) is 12.8. The summed E-state index contributed by atoms with van der Waals surface area (Å²) in [5.41, 5.74) is 5.22. The molecule has 1 aliphatic rings. The van der Waals surface area contributed by atoms with Gasteiger partial charge < -0.3 is 15.2 Å². The third-order valence-corrected chi connectivity index (χ3v) is 3.31. The second kappa shape index (κ2) is 4.72. The zero-order valence-electron chi connectivity index (χ0n) is 9.26. The summed E-state index contributed by atoms with van der Waals surface area (Å²) in [7, 11) is 3.02. The summed E-state index contributed by atoms with van der Waals surface area (Å²) < 4.78 is 36.4. The van der Waals surface area contributed by atoms with E-state index in [4.69, 9.17) is 15.2 Å². The molecule has 1 fully saturated rings. The molecule has 0 aromatic heterocycles. The number of methoxy groups -OCH3 is 2. The number of nitrogens with two attached hydrogens (primary N) is 1. The van der Waals surface area contributed by atoms with Gasteiger partial charge in [0.15, 0.2) is 6.29 Å². The van der Waals surface area contributed by atoms with Gasteiger partial charge in [0.25, 0.3) is 0 Å². The molecule has 0 radical (unpaired) electrons. The number of halogens is 2. The van der Waals surface area contributed by atoms with Crippen molar-refractivity contribution in [3.63, 3.8) is 0 Å². The van der Waals surface area contributed by atoms with Crippen LogP contribution in [0.1, 0.15) is 25.7 Å². The van der Waals surface area contributed by atoms with Crippen LogP contribution < -0.4 is 5.73 Å². The Kier molecular flexibility index (Phi) is 4.03. The van der Waals surface area contributed by atoms with Crippen LogP contribution in [-0.2, 0) is 9.47 Å². The summed E-state index contributed by atoms with van der Waals surface area (Å²) >= 11 is 0. The van der Waals surface area contributed by atoms with Crippen LogP contribution in [0.3, 0.4) is 0 Å². The third kappa shape index (κ3) is 2.65. The Morgan fingerprint density at radius 1 is 1.13 bits per heavy atom. The molecular weight excluding hydrogens is 204 g/mol. The van der Waals surface area contributed by atoms with Gasteiger partial charge in [-0.25, -0.2) is 8.78 Å². The average molecular weight is 223 g/mol. The van der Waals surface area contributed by atoms with Crippen LogP contribution in [0.15, 0.2) is 0 Å². The second-order valence-electron chi connectivity index (χ2n) is 4.23. The van der Waals surface area contributed by atoms with Crippen molar-refractivity contribution in [2.45, 2.75) is 37.9 Å². The average Bonchev–Trinajstić information content (AvgIpc) is 2.22. The predicted octanol–water partition coefficient (Wildman–Crippen LogP) is 1.76. The molecule has 0 bridgehead atoms. The lowest BCUT2D eigenvalue weighted by Crippen LogP contribution is -2.48. The van der Waals surface area contributed by atoms with E-state index >= 15 is 0 Å². The van der Waals surface area contributed by atoms with Crippen molar-refractivity contribution in [1.29, 1.82) is 0 Å². The molecule has 0 amide bonds. The van der Waals surface area contributed by atoms with E-state index in [1.807, 2.05) is 0 Å². The molecule has 0 spiro atoms. The van der Waals surface area contributed by atoms with Crippen LogP contribution in [-0.4, -0.2) is 33.0 Å². The Morgan fingerprint density at radius 2 is 1.60 bits per heavy atom. The Labute approximate surface area is 88.9 Å². The van der Waals surface area contributed by atoms with E-state index in [0.29, 0.717) is 19.4 Å². The van der Waals surface area contributed by atoms with Crippen molar-refractivity contribution in [2.24, 2.45) is 11.1 Å². The van der Waals surface area contributed by atoms with Crippen LogP contribution in [0.2, 0.25) is 0 Å². The highest BCUT2D eigenvalue weighted by molar-refractivity contribution is 4.91. The van der Waals surface area contributed by atoms with E-state index < -0.39 is 17.6 Å². The maximum atomic E-state index is 13.0. The molecule has 0 saturated heterocycles. The van der Waals surface area contributed by atoms with Crippen LogP contribution >= 0.6 is 0 Å². The van der Waals surface area contributed by atoms with Gasteiger partial charge in [-0.05, 0) is 12.8 Å². The maximum Gasteiger partial charge on any atom is 0.248 e. The molecule has 2 N–H and O–H groups in total. The van der Waals surface area contributed by atoms with Crippen LogP contribution in [0.4, 0.5) is 8.78 Å². The fourth-order valence-corrected chi connectivity index (χ4v) is 2.25. The molecule has 1 aliphatic carbocycles. The van der Waals surface area contributed by atoms with Gasteiger partial charge in [-0.3, -0.25) is 0 Å². The van der Waals surface area contributed by atoms with Crippen molar-refractivity contribution in [3.8, 4) is 0 Å². The van der Waals surface area contributed by atoms with E-state index in [0.717, 1.165) is 0 Å². The summed E-state index contributed by atoms with van der Waals surface area (Å²) in [6.45, 7) is 0.315. The van der Waals surface area contributed by atoms with Crippen molar-refractivity contribution in [3.05, 3.63) is 0 Å². The fourth-order valence-electron chi connectivity index (χ4n) is 2.25. The minimum Gasteiger partial charge on any atom is -0.355 e. The molecule has 90 valence electrons. The zero-order chi connectivity index (χ0) is 11.5. The van der Waals surface area contributed by atoms with Gasteiger partial charge >= 0.3 is 0 Å². The molecule has 0 atom stereocenters. The van der Waals surface area contributed by atoms with E-state index in [2.05, 4.69) is 0 Å². The Balaban J connectivity index is 2.71. The van der Waals surface area contributed by atoms with Crippen molar-refractivity contribution in [2.75, 3.05) is 20.8 Å². The summed E-state index contributed by atoms with van der Waals surface area (Å²) in [5, 5.41) is 0. The van der Waals surface area contributed by atoms with E-state index in [1.54, 1.807) is 0 Å². The summed E-state index contributed by atoms with van der Waals surface area (Å²) in [6, 6.07) is 0. The minimum absolute atomic E-state index is 0.132. The maximum absolute atomic E-state index is 13.0. The van der Waals surface area contributed by atoms with Crippen LogP contribution in [0.5, 0.6) is 0 Å². The van der Waals surface area contributed by atoms with Crippen molar-refractivity contribution < 1.29 is 18.3 Å². The highest BCUT2D eigenvalue weighted by Crippen LogP contribution is 2.45. The molecule has 0 aromatic carbocycles. The van der Waals surface area contributed by atoms with E-state index in [1.165, 1.54) is 14.2 Å². The number of hydrogen-bond acceptors (Lipinski definition) is 3. The van der Waals surface area contributed by atoms with Crippen molar-refractivity contribution in [1.82, 2.24) is 0 Å². The molecule has 0 unspecified atom stereocenters. The topological polar surface area (TPSA) is 44.5 Å². The van der Waals surface area contributed by atoms with Gasteiger partial charge in [0.1, 0.15) is 0 Å². The van der Waals surface area contributed by atoms with Crippen molar-refractivity contribution >= 4 is 0 Å². The molecule has 0 aromatic rings. The highest BCUT2D eigenvalue weighted by Gasteiger charge is 2.47. The van der Waals surface area contributed by atoms with Gasteiger partial charge in [-0.15, -0.1) is 0 Å². The fraction of sp³-hybridized carbons (Fsp3) is 1.00.